The lowest BCUT2D eigenvalue weighted by Crippen LogP contribution is -2.16. The number of rotatable bonds is 19. The molecule has 0 bridgehead atoms. The van der Waals surface area contributed by atoms with Gasteiger partial charge in [0.15, 0.2) is 15.3 Å². The Morgan fingerprint density at radius 3 is 2.23 bits per heavy atom. The van der Waals surface area contributed by atoms with Crippen molar-refractivity contribution in [2.75, 3.05) is 30.9 Å². The second-order valence-corrected chi connectivity index (χ2v) is 16.1. The number of carbonyl (C=O) groups is 2. The summed E-state index contributed by atoms with van der Waals surface area (Å²) in [6, 6.07) is 11.4. The molecule has 0 spiro atoms. The van der Waals surface area contributed by atoms with Gasteiger partial charge in [-0.15, -0.1) is 11.3 Å². The zero-order valence-electron chi connectivity index (χ0n) is 27.6. The van der Waals surface area contributed by atoms with Crippen LogP contribution in [0.15, 0.2) is 54.0 Å². The molecule has 1 amide bonds. The molecule has 0 radical (unpaired) electrons. The van der Waals surface area contributed by atoms with E-state index in [2.05, 4.69) is 10.3 Å². The minimum absolute atomic E-state index is 0.0122. The molecule has 3 aromatic rings. The lowest BCUT2D eigenvalue weighted by Gasteiger charge is -2.20. The number of ether oxygens (including phenoxy) is 3. The number of thioether (sulfide) groups is 1. The number of aromatic nitrogens is 1. The van der Waals surface area contributed by atoms with Crippen LogP contribution in [0.3, 0.4) is 0 Å². The molecule has 256 valence electrons. The molecule has 10 nitrogen and oxygen atoms in total. The first kappa shape index (κ1) is 38.6. The molecule has 0 saturated carbocycles. The molecule has 14 heteroatoms. The Kier molecular flexibility index (Phi) is 15.8. The van der Waals surface area contributed by atoms with Crippen LogP contribution in [0.1, 0.15) is 64.7 Å². The Hall–Kier alpha value is -2.80. The Morgan fingerprint density at radius 2 is 1.60 bits per heavy atom. The summed E-state index contributed by atoms with van der Waals surface area (Å²) in [6.45, 7) is 12.0. The van der Waals surface area contributed by atoms with Gasteiger partial charge in [-0.25, -0.2) is 4.98 Å². The highest BCUT2D eigenvalue weighted by Gasteiger charge is 2.28. The zero-order valence-corrected chi connectivity index (χ0v) is 30.9. The van der Waals surface area contributed by atoms with Crippen molar-refractivity contribution in [3.8, 4) is 17.2 Å². The van der Waals surface area contributed by atoms with Crippen molar-refractivity contribution >= 4 is 69.4 Å². The van der Waals surface area contributed by atoms with E-state index in [9.17, 15) is 14.2 Å². The number of thiocarbonyl (C=S) groups is 1. The molecule has 2 aromatic carbocycles. The number of thiazole rings is 1. The minimum Gasteiger partial charge on any atom is -0.491 e. The fourth-order valence-electron chi connectivity index (χ4n) is 3.99. The van der Waals surface area contributed by atoms with Crippen molar-refractivity contribution in [1.82, 2.24) is 4.98 Å². The molecule has 1 atom stereocenters. The van der Waals surface area contributed by atoms with Crippen LogP contribution in [0.25, 0.3) is 0 Å². The molecule has 1 unspecified atom stereocenters. The van der Waals surface area contributed by atoms with E-state index < -0.39 is 7.60 Å². The maximum absolute atomic E-state index is 14.0. The quantitative estimate of drug-likeness (QED) is 0.0728. The standard InChI is InChI=1S/C33H43N2O8PS3/c1-22(2)17-30(36)46-16-14-41-44(38,40-13-12-39-31(45)18-23(3)4)29-9-7-26(8-10-29)43-28-20-25(19-27(21-28)42-24(5)6)32(37)35-33-34-11-15-47-33/h7-11,15,19-24H,12-14,16-18H2,1-6H3,(H,34,35,37). The molecule has 0 saturated heterocycles. The first-order valence-corrected chi connectivity index (χ1v) is 19.2. The predicted molar refractivity (Wildman–Crippen MR) is 193 cm³/mol. The van der Waals surface area contributed by atoms with Gasteiger partial charge in [-0.1, -0.05) is 39.5 Å². The van der Waals surface area contributed by atoms with Gasteiger partial charge in [0, 0.05) is 41.8 Å². The summed E-state index contributed by atoms with van der Waals surface area (Å²) in [7, 11) is -3.80. The molecular formula is C33H43N2O8PS3. The average Bonchev–Trinajstić information content (AvgIpc) is 3.50. The third-order valence-electron chi connectivity index (χ3n) is 5.92. The first-order valence-electron chi connectivity index (χ1n) is 15.3. The van der Waals surface area contributed by atoms with E-state index in [4.69, 9.17) is 35.5 Å². The fourth-order valence-corrected chi connectivity index (χ4v) is 7.43. The molecule has 1 N–H and O–H groups in total. The molecule has 1 heterocycles. The first-order chi connectivity index (χ1) is 22.3. The van der Waals surface area contributed by atoms with E-state index in [1.165, 1.54) is 11.3 Å². The summed E-state index contributed by atoms with van der Waals surface area (Å²) in [5.41, 5.74) is 0.330. The molecule has 1 aromatic heterocycles. The van der Waals surface area contributed by atoms with Crippen LogP contribution in [-0.2, 0) is 23.1 Å². The number of benzene rings is 2. The number of amides is 1. The molecule has 0 aliphatic carbocycles. The van der Waals surface area contributed by atoms with Gasteiger partial charge in [-0.05, 0) is 74.3 Å². The van der Waals surface area contributed by atoms with E-state index in [1.807, 2.05) is 41.5 Å². The number of nitrogens with zero attached hydrogens (tertiary/aromatic N) is 1. The monoisotopic (exact) mass is 722 g/mol. The van der Waals surface area contributed by atoms with E-state index >= 15 is 0 Å². The van der Waals surface area contributed by atoms with Gasteiger partial charge < -0.3 is 23.3 Å². The zero-order chi connectivity index (χ0) is 34.4. The Morgan fingerprint density at radius 1 is 0.915 bits per heavy atom. The number of nitrogens with one attached hydrogen (secondary N) is 1. The lowest BCUT2D eigenvalue weighted by molar-refractivity contribution is -0.111. The summed E-state index contributed by atoms with van der Waals surface area (Å²) in [6.07, 6.45) is 2.57. The summed E-state index contributed by atoms with van der Waals surface area (Å²) in [5.74, 6) is 1.84. The second kappa shape index (κ2) is 19.3. The van der Waals surface area contributed by atoms with Gasteiger partial charge in [-0.3, -0.25) is 19.5 Å². The number of hydrogen-bond acceptors (Lipinski definition) is 12. The van der Waals surface area contributed by atoms with Gasteiger partial charge >= 0.3 is 7.60 Å². The summed E-state index contributed by atoms with van der Waals surface area (Å²) < 4.78 is 43.1. The predicted octanol–water partition coefficient (Wildman–Crippen LogP) is 8.52. The van der Waals surface area contributed by atoms with Gasteiger partial charge in [0.2, 0.25) is 0 Å². The van der Waals surface area contributed by atoms with E-state index in [-0.39, 0.29) is 42.9 Å². The van der Waals surface area contributed by atoms with Crippen LogP contribution in [0.2, 0.25) is 0 Å². The average molecular weight is 723 g/mol. The van der Waals surface area contributed by atoms with E-state index in [0.29, 0.717) is 62.8 Å². The summed E-state index contributed by atoms with van der Waals surface area (Å²) in [5, 5.41) is 5.85. The van der Waals surface area contributed by atoms with Gasteiger partial charge in [0.25, 0.3) is 5.91 Å². The van der Waals surface area contributed by atoms with Crippen molar-refractivity contribution in [3.05, 3.63) is 59.6 Å². The number of hydrogen-bond donors (Lipinski definition) is 1. The minimum atomic E-state index is -3.80. The van der Waals surface area contributed by atoms with Crippen LogP contribution >= 0.6 is 42.9 Å². The maximum atomic E-state index is 14.0. The topological polar surface area (TPSA) is 122 Å². The van der Waals surface area contributed by atoms with E-state index in [1.54, 1.807) is 54.0 Å². The molecule has 0 aliphatic rings. The normalized spacial score (nSPS) is 12.6. The van der Waals surface area contributed by atoms with Crippen LogP contribution in [-0.4, -0.2) is 52.7 Å². The highest BCUT2D eigenvalue weighted by atomic mass is 32.2. The molecule has 3 rings (SSSR count). The Balaban J connectivity index is 1.74. The largest absolute Gasteiger partial charge is 0.491 e. The molecule has 0 aliphatic heterocycles. The Labute approximate surface area is 290 Å². The molecule has 0 fully saturated rings. The number of anilines is 1. The van der Waals surface area contributed by atoms with Crippen molar-refractivity contribution in [3.63, 3.8) is 0 Å². The van der Waals surface area contributed by atoms with Gasteiger partial charge in [0.05, 0.1) is 24.6 Å². The third-order valence-corrected chi connectivity index (χ3v) is 9.73. The van der Waals surface area contributed by atoms with E-state index in [0.717, 1.165) is 11.8 Å². The second-order valence-electron chi connectivity index (χ2n) is 11.5. The van der Waals surface area contributed by atoms with Crippen LogP contribution in [0.4, 0.5) is 5.13 Å². The summed E-state index contributed by atoms with van der Waals surface area (Å²) >= 11 is 7.71. The van der Waals surface area contributed by atoms with Gasteiger partial charge in [-0.2, -0.15) is 0 Å². The van der Waals surface area contributed by atoms with Gasteiger partial charge in [0.1, 0.15) is 23.9 Å². The molecule has 47 heavy (non-hydrogen) atoms. The SMILES string of the molecule is CC(C)CC(=O)SCCOP(=O)(OCCOC(=S)CC(C)C)c1ccc(Oc2cc(OC(C)C)cc(C(=O)Nc3nccs3)c2)cc1. The maximum Gasteiger partial charge on any atom is 0.361 e. The van der Waals surface area contributed by atoms with Crippen molar-refractivity contribution < 1.29 is 37.4 Å². The third kappa shape index (κ3) is 14.1. The highest BCUT2D eigenvalue weighted by Crippen LogP contribution is 2.47. The summed E-state index contributed by atoms with van der Waals surface area (Å²) in [4.78, 5) is 29.2. The Bertz CT molecular complexity index is 1460. The van der Waals surface area contributed by atoms with Crippen LogP contribution in [0.5, 0.6) is 17.2 Å². The number of carbonyl (C=O) groups excluding carboxylic acids is 2. The lowest BCUT2D eigenvalue weighted by atomic mass is 10.1. The highest BCUT2D eigenvalue weighted by molar-refractivity contribution is 8.13. The van der Waals surface area contributed by atoms with Crippen molar-refractivity contribution in [1.29, 1.82) is 0 Å². The van der Waals surface area contributed by atoms with Crippen molar-refractivity contribution in [2.24, 2.45) is 11.8 Å². The van der Waals surface area contributed by atoms with Crippen LogP contribution in [0, 0.1) is 11.8 Å². The smallest absolute Gasteiger partial charge is 0.361 e. The fraction of sp³-hybridized carbons (Fsp3) is 0.455. The van der Waals surface area contributed by atoms with Crippen LogP contribution < -0.4 is 20.1 Å². The van der Waals surface area contributed by atoms with Crippen molar-refractivity contribution in [2.45, 2.75) is 60.5 Å². The molecular weight excluding hydrogens is 680 g/mol.